The molecule has 2 rings (SSSR count). The molecular formula is C25H30O5. The van der Waals surface area contributed by atoms with Gasteiger partial charge in [-0.05, 0) is 24.5 Å². The van der Waals surface area contributed by atoms with Crippen LogP contribution in [0, 0.1) is 11.3 Å². The summed E-state index contributed by atoms with van der Waals surface area (Å²) in [6.07, 6.45) is -0.900. The number of aliphatic hydroxyl groups excluding tert-OH is 1. The number of carbonyl (C=O) groups excluding carboxylic acids is 2. The van der Waals surface area contributed by atoms with Crippen molar-refractivity contribution in [2.75, 3.05) is 13.2 Å². The van der Waals surface area contributed by atoms with Crippen LogP contribution in [0.5, 0.6) is 5.75 Å². The molecule has 30 heavy (non-hydrogen) atoms. The van der Waals surface area contributed by atoms with Gasteiger partial charge in [0, 0.05) is 17.1 Å². The Morgan fingerprint density at radius 1 is 1.00 bits per heavy atom. The maximum absolute atomic E-state index is 12.8. The van der Waals surface area contributed by atoms with Crippen LogP contribution in [0.25, 0.3) is 0 Å². The molecule has 0 radical (unpaired) electrons. The standard InChI is InChI=1S/C25H30O5/c1-17(2)24(28)30-15-20(25(3,4)5)21(26)16-29-22-14-10-9-13-19(22)23(27)18-11-7-6-8-12-18/h6-14,20-21,26H,1,15-16H2,2-5H3. The second-order valence-electron chi connectivity index (χ2n) is 8.42. The number of rotatable bonds is 9. The summed E-state index contributed by atoms with van der Waals surface area (Å²) in [4.78, 5) is 24.6. The maximum Gasteiger partial charge on any atom is 0.333 e. The molecule has 5 heteroatoms. The molecule has 2 atom stereocenters. The molecule has 0 aliphatic rings. The molecule has 0 fully saturated rings. The normalized spacial score (nSPS) is 13.2. The highest BCUT2D eigenvalue weighted by molar-refractivity contribution is 6.10. The monoisotopic (exact) mass is 410 g/mol. The summed E-state index contributed by atoms with van der Waals surface area (Å²) in [5.41, 5.74) is 0.962. The number of ketones is 1. The summed E-state index contributed by atoms with van der Waals surface area (Å²) < 4.78 is 11.1. The minimum absolute atomic E-state index is 0.0361. The predicted octanol–water partition coefficient (Wildman–Crippen LogP) is 4.44. The molecule has 0 amide bonds. The predicted molar refractivity (Wildman–Crippen MR) is 117 cm³/mol. The molecule has 0 saturated heterocycles. The highest BCUT2D eigenvalue weighted by Crippen LogP contribution is 2.30. The van der Waals surface area contributed by atoms with Gasteiger partial charge in [-0.15, -0.1) is 0 Å². The minimum Gasteiger partial charge on any atom is -0.490 e. The number of hydrogen-bond donors (Lipinski definition) is 1. The molecule has 1 N–H and O–H groups in total. The number of esters is 1. The van der Waals surface area contributed by atoms with Crippen LogP contribution in [0.15, 0.2) is 66.7 Å². The molecule has 0 aromatic heterocycles. The van der Waals surface area contributed by atoms with E-state index in [1.54, 1.807) is 55.5 Å². The summed E-state index contributed by atoms with van der Waals surface area (Å²) >= 11 is 0. The lowest BCUT2D eigenvalue weighted by molar-refractivity contribution is -0.144. The zero-order chi connectivity index (χ0) is 22.3. The van der Waals surface area contributed by atoms with Gasteiger partial charge in [0.15, 0.2) is 5.78 Å². The van der Waals surface area contributed by atoms with Crippen molar-refractivity contribution in [3.8, 4) is 5.75 Å². The quantitative estimate of drug-likeness (QED) is 0.376. The van der Waals surface area contributed by atoms with Gasteiger partial charge < -0.3 is 14.6 Å². The van der Waals surface area contributed by atoms with E-state index in [0.717, 1.165) is 0 Å². The van der Waals surface area contributed by atoms with Crippen molar-refractivity contribution in [2.24, 2.45) is 11.3 Å². The third kappa shape index (κ3) is 6.29. The molecule has 2 unspecified atom stereocenters. The van der Waals surface area contributed by atoms with Gasteiger partial charge in [-0.2, -0.15) is 0 Å². The topological polar surface area (TPSA) is 72.8 Å². The van der Waals surface area contributed by atoms with Crippen LogP contribution in [0.3, 0.4) is 0 Å². The van der Waals surface area contributed by atoms with Crippen molar-refractivity contribution in [1.29, 1.82) is 0 Å². The first kappa shape index (κ1) is 23.4. The van der Waals surface area contributed by atoms with E-state index < -0.39 is 12.1 Å². The van der Waals surface area contributed by atoms with Crippen molar-refractivity contribution in [3.05, 3.63) is 77.9 Å². The Kier molecular flexibility index (Phi) is 7.95. The van der Waals surface area contributed by atoms with E-state index >= 15 is 0 Å². The number of ether oxygens (including phenoxy) is 2. The first-order valence-corrected chi connectivity index (χ1v) is 9.93. The molecule has 0 heterocycles. The summed E-state index contributed by atoms with van der Waals surface area (Å²) in [6, 6.07) is 15.9. The van der Waals surface area contributed by atoms with Gasteiger partial charge in [0.1, 0.15) is 12.4 Å². The second kappa shape index (κ2) is 10.2. The van der Waals surface area contributed by atoms with E-state index in [2.05, 4.69) is 6.58 Å². The van der Waals surface area contributed by atoms with E-state index in [4.69, 9.17) is 9.47 Å². The van der Waals surface area contributed by atoms with Crippen molar-refractivity contribution in [2.45, 2.75) is 33.8 Å². The Bertz CT molecular complexity index is 880. The van der Waals surface area contributed by atoms with Crippen LogP contribution in [-0.2, 0) is 9.53 Å². The lowest BCUT2D eigenvalue weighted by Gasteiger charge is -2.34. The van der Waals surface area contributed by atoms with Crippen molar-refractivity contribution >= 4 is 11.8 Å². The lowest BCUT2D eigenvalue weighted by Crippen LogP contribution is -2.40. The molecule has 0 aliphatic carbocycles. The lowest BCUT2D eigenvalue weighted by atomic mass is 9.78. The van der Waals surface area contributed by atoms with Gasteiger partial charge in [-0.1, -0.05) is 69.8 Å². The van der Waals surface area contributed by atoms with Crippen LogP contribution in [-0.4, -0.2) is 36.2 Å². The Hall–Kier alpha value is -2.92. The third-order valence-corrected chi connectivity index (χ3v) is 4.90. The molecule has 160 valence electrons. The third-order valence-electron chi connectivity index (χ3n) is 4.90. The summed E-state index contributed by atoms with van der Waals surface area (Å²) in [7, 11) is 0. The van der Waals surface area contributed by atoms with Crippen LogP contribution in [0.2, 0.25) is 0 Å². The number of carbonyl (C=O) groups is 2. The Balaban J connectivity index is 2.12. The van der Waals surface area contributed by atoms with Gasteiger partial charge >= 0.3 is 5.97 Å². The fourth-order valence-corrected chi connectivity index (χ4v) is 3.04. The number of aliphatic hydroxyl groups is 1. The van der Waals surface area contributed by atoms with Crippen LogP contribution < -0.4 is 4.74 Å². The number of para-hydroxylation sites is 1. The Labute approximate surface area is 178 Å². The van der Waals surface area contributed by atoms with Gasteiger partial charge in [0.05, 0.1) is 18.3 Å². The Morgan fingerprint density at radius 3 is 2.20 bits per heavy atom. The molecule has 0 spiro atoms. The average Bonchev–Trinajstić information content (AvgIpc) is 2.71. The van der Waals surface area contributed by atoms with Crippen LogP contribution >= 0.6 is 0 Å². The zero-order valence-corrected chi connectivity index (χ0v) is 18.1. The van der Waals surface area contributed by atoms with E-state index in [1.165, 1.54) is 0 Å². The van der Waals surface area contributed by atoms with Crippen molar-refractivity contribution < 1.29 is 24.2 Å². The van der Waals surface area contributed by atoms with Gasteiger partial charge in [0.25, 0.3) is 0 Å². The largest absolute Gasteiger partial charge is 0.490 e. The smallest absolute Gasteiger partial charge is 0.333 e. The summed E-state index contributed by atoms with van der Waals surface area (Å²) in [5.74, 6) is -0.602. The second-order valence-corrected chi connectivity index (χ2v) is 8.42. The molecule has 2 aromatic carbocycles. The van der Waals surface area contributed by atoms with Crippen LogP contribution in [0.4, 0.5) is 0 Å². The van der Waals surface area contributed by atoms with Gasteiger partial charge in [-0.3, -0.25) is 4.79 Å². The molecular weight excluding hydrogens is 380 g/mol. The SMILES string of the molecule is C=C(C)C(=O)OCC(C(O)COc1ccccc1C(=O)c1ccccc1)C(C)(C)C. The summed E-state index contributed by atoms with van der Waals surface area (Å²) in [5, 5.41) is 10.8. The number of benzene rings is 2. The highest BCUT2D eigenvalue weighted by atomic mass is 16.5. The van der Waals surface area contributed by atoms with E-state index in [9.17, 15) is 14.7 Å². The Morgan fingerprint density at radius 2 is 1.60 bits per heavy atom. The molecule has 0 aliphatic heterocycles. The first-order chi connectivity index (χ1) is 14.1. The fourth-order valence-electron chi connectivity index (χ4n) is 3.04. The molecule has 0 bridgehead atoms. The molecule has 5 nitrogen and oxygen atoms in total. The van der Waals surface area contributed by atoms with Crippen molar-refractivity contribution in [3.63, 3.8) is 0 Å². The van der Waals surface area contributed by atoms with Gasteiger partial charge in [0.2, 0.25) is 0 Å². The molecule has 0 saturated carbocycles. The van der Waals surface area contributed by atoms with Gasteiger partial charge in [-0.25, -0.2) is 4.79 Å². The molecule has 2 aromatic rings. The van der Waals surface area contributed by atoms with Crippen LogP contribution in [0.1, 0.15) is 43.6 Å². The average molecular weight is 411 g/mol. The maximum atomic E-state index is 12.8. The minimum atomic E-state index is -0.900. The number of hydrogen-bond acceptors (Lipinski definition) is 5. The van der Waals surface area contributed by atoms with E-state index in [-0.39, 0.29) is 30.3 Å². The zero-order valence-electron chi connectivity index (χ0n) is 18.1. The van der Waals surface area contributed by atoms with E-state index in [1.807, 2.05) is 26.8 Å². The summed E-state index contributed by atoms with van der Waals surface area (Å²) in [6.45, 7) is 11.0. The first-order valence-electron chi connectivity index (χ1n) is 9.93. The van der Waals surface area contributed by atoms with Crippen molar-refractivity contribution in [1.82, 2.24) is 0 Å². The van der Waals surface area contributed by atoms with E-state index in [0.29, 0.717) is 22.4 Å². The fraction of sp³-hybridized carbons (Fsp3) is 0.360. The highest BCUT2D eigenvalue weighted by Gasteiger charge is 2.33.